The van der Waals surface area contributed by atoms with Crippen LogP contribution in [0.3, 0.4) is 0 Å². The van der Waals surface area contributed by atoms with Gasteiger partial charge in [-0.25, -0.2) is 0 Å². The van der Waals surface area contributed by atoms with Crippen LogP contribution in [0.5, 0.6) is 0 Å². The molecule has 1 heterocycles. The van der Waals surface area contributed by atoms with E-state index < -0.39 is 0 Å². The van der Waals surface area contributed by atoms with E-state index in [4.69, 9.17) is 4.74 Å². The Hall–Kier alpha value is -0.900. The lowest BCUT2D eigenvalue weighted by Gasteiger charge is -2.02. The highest BCUT2D eigenvalue weighted by Gasteiger charge is 2.03. The summed E-state index contributed by atoms with van der Waals surface area (Å²) in [6.45, 7) is 2.63. The standard InChI is InChI=1S/C10H15NO2S/c1-2-3-6-13-10(12)5-4-9-7-11-8-14-9/h7-8H,2-6H2,1H3. The third-order valence-electron chi connectivity index (χ3n) is 1.82. The van der Waals surface area contributed by atoms with Crippen LogP contribution in [0, 0.1) is 0 Å². The third kappa shape index (κ3) is 4.37. The highest BCUT2D eigenvalue weighted by molar-refractivity contribution is 7.09. The average molecular weight is 213 g/mol. The minimum Gasteiger partial charge on any atom is -0.466 e. The molecule has 0 aliphatic rings. The summed E-state index contributed by atoms with van der Waals surface area (Å²) < 4.78 is 5.03. The number of esters is 1. The second kappa shape index (κ2) is 6.54. The van der Waals surface area contributed by atoms with Gasteiger partial charge in [0.2, 0.25) is 0 Å². The Morgan fingerprint density at radius 2 is 2.50 bits per heavy atom. The molecule has 1 aromatic rings. The highest BCUT2D eigenvalue weighted by Crippen LogP contribution is 2.08. The fourth-order valence-corrected chi connectivity index (χ4v) is 1.59. The molecule has 4 heteroatoms. The smallest absolute Gasteiger partial charge is 0.306 e. The summed E-state index contributed by atoms with van der Waals surface area (Å²) in [5, 5.41) is 0. The lowest BCUT2D eigenvalue weighted by atomic mass is 10.3. The molecule has 0 aliphatic carbocycles. The number of thiazole rings is 1. The Morgan fingerprint density at radius 3 is 3.14 bits per heavy atom. The molecule has 0 N–H and O–H groups in total. The minimum atomic E-state index is -0.105. The number of unbranched alkanes of at least 4 members (excludes halogenated alkanes) is 1. The van der Waals surface area contributed by atoms with E-state index in [0.29, 0.717) is 13.0 Å². The summed E-state index contributed by atoms with van der Waals surface area (Å²) in [4.78, 5) is 16.3. The van der Waals surface area contributed by atoms with E-state index in [9.17, 15) is 4.79 Å². The second-order valence-corrected chi connectivity index (χ2v) is 4.01. The maximum absolute atomic E-state index is 11.2. The number of aryl methyl sites for hydroxylation is 1. The summed E-state index contributed by atoms with van der Waals surface area (Å²) >= 11 is 1.57. The monoisotopic (exact) mass is 213 g/mol. The van der Waals surface area contributed by atoms with Gasteiger partial charge in [0.1, 0.15) is 0 Å². The zero-order chi connectivity index (χ0) is 10.2. The van der Waals surface area contributed by atoms with E-state index in [0.717, 1.165) is 24.1 Å². The molecule has 0 amide bonds. The number of rotatable bonds is 6. The van der Waals surface area contributed by atoms with E-state index in [2.05, 4.69) is 11.9 Å². The topological polar surface area (TPSA) is 39.2 Å². The number of carbonyl (C=O) groups is 1. The molecule has 0 atom stereocenters. The molecule has 0 spiro atoms. The van der Waals surface area contributed by atoms with E-state index >= 15 is 0 Å². The zero-order valence-corrected chi connectivity index (χ0v) is 9.18. The van der Waals surface area contributed by atoms with E-state index in [1.54, 1.807) is 23.0 Å². The molecule has 1 rings (SSSR count). The van der Waals surface area contributed by atoms with Crippen LogP contribution in [0.1, 0.15) is 31.1 Å². The normalized spacial score (nSPS) is 10.1. The van der Waals surface area contributed by atoms with Gasteiger partial charge in [0.15, 0.2) is 0 Å². The van der Waals surface area contributed by atoms with Crippen LogP contribution in [-0.2, 0) is 16.0 Å². The Labute approximate surface area is 88.1 Å². The highest BCUT2D eigenvalue weighted by atomic mass is 32.1. The number of aromatic nitrogens is 1. The van der Waals surface area contributed by atoms with Crippen molar-refractivity contribution in [3.8, 4) is 0 Å². The van der Waals surface area contributed by atoms with Gasteiger partial charge in [0, 0.05) is 11.1 Å². The fraction of sp³-hybridized carbons (Fsp3) is 0.600. The Bertz CT molecular complexity index is 259. The maximum atomic E-state index is 11.2. The SMILES string of the molecule is CCCCOC(=O)CCc1cncs1. The van der Waals surface area contributed by atoms with Crippen molar-refractivity contribution >= 4 is 17.3 Å². The van der Waals surface area contributed by atoms with Gasteiger partial charge in [0.25, 0.3) is 0 Å². The third-order valence-corrected chi connectivity index (χ3v) is 2.66. The first-order valence-corrected chi connectivity index (χ1v) is 5.74. The van der Waals surface area contributed by atoms with Crippen molar-refractivity contribution in [3.63, 3.8) is 0 Å². The van der Waals surface area contributed by atoms with Crippen LogP contribution in [0.15, 0.2) is 11.7 Å². The molecule has 0 saturated heterocycles. The Balaban J connectivity index is 2.09. The molecule has 0 saturated carbocycles. The first-order valence-electron chi connectivity index (χ1n) is 4.86. The lowest BCUT2D eigenvalue weighted by molar-refractivity contribution is -0.143. The number of carbonyl (C=O) groups excluding carboxylic acids is 1. The van der Waals surface area contributed by atoms with Gasteiger partial charge < -0.3 is 4.74 Å². The molecule has 0 aromatic carbocycles. The summed E-state index contributed by atoms with van der Waals surface area (Å²) in [6, 6.07) is 0. The van der Waals surface area contributed by atoms with Crippen molar-refractivity contribution in [2.45, 2.75) is 32.6 Å². The van der Waals surface area contributed by atoms with Gasteiger partial charge >= 0.3 is 5.97 Å². The van der Waals surface area contributed by atoms with Gasteiger partial charge in [-0.2, -0.15) is 0 Å². The van der Waals surface area contributed by atoms with Gasteiger partial charge in [0.05, 0.1) is 18.5 Å². The predicted octanol–water partition coefficient (Wildman–Crippen LogP) is 2.42. The molecule has 0 radical (unpaired) electrons. The van der Waals surface area contributed by atoms with Gasteiger partial charge in [-0.15, -0.1) is 11.3 Å². The maximum Gasteiger partial charge on any atom is 0.306 e. The van der Waals surface area contributed by atoms with Crippen LogP contribution < -0.4 is 0 Å². The van der Waals surface area contributed by atoms with E-state index in [1.807, 2.05) is 0 Å². The number of ether oxygens (including phenoxy) is 1. The van der Waals surface area contributed by atoms with Crippen LogP contribution in [-0.4, -0.2) is 17.6 Å². The molecule has 3 nitrogen and oxygen atoms in total. The molecule has 0 unspecified atom stereocenters. The summed E-state index contributed by atoms with van der Waals surface area (Å²) in [7, 11) is 0. The molecular formula is C10H15NO2S. The first-order chi connectivity index (χ1) is 6.83. The quantitative estimate of drug-likeness (QED) is 0.538. The van der Waals surface area contributed by atoms with Crippen LogP contribution in [0.4, 0.5) is 0 Å². The molecule has 0 aliphatic heterocycles. The number of hydrogen-bond acceptors (Lipinski definition) is 4. The van der Waals surface area contributed by atoms with Gasteiger partial charge in [-0.05, 0) is 12.8 Å². The molecular weight excluding hydrogens is 198 g/mol. The van der Waals surface area contributed by atoms with Crippen LogP contribution in [0.25, 0.3) is 0 Å². The van der Waals surface area contributed by atoms with E-state index in [-0.39, 0.29) is 5.97 Å². The van der Waals surface area contributed by atoms with Crippen molar-refractivity contribution in [1.29, 1.82) is 0 Å². The number of hydrogen-bond donors (Lipinski definition) is 0. The van der Waals surface area contributed by atoms with Crippen molar-refractivity contribution in [2.24, 2.45) is 0 Å². The summed E-state index contributed by atoms with van der Waals surface area (Å²) in [6.07, 6.45) is 5.01. The lowest BCUT2D eigenvalue weighted by Crippen LogP contribution is -2.06. The average Bonchev–Trinajstić information content (AvgIpc) is 2.68. The molecule has 0 fully saturated rings. The Kier molecular flexibility index (Phi) is 5.22. The van der Waals surface area contributed by atoms with Crippen LogP contribution in [0.2, 0.25) is 0 Å². The predicted molar refractivity (Wildman–Crippen MR) is 56.3 cm³/mol. The number of nitrogens with zero attached hydrogens (tertiary/aromatic N) is 1. The van der Waals surface area contributed by atoms with Crippen LogP contribution >= 0.6 is 11.3 Å². The van der Waals surface area contributed by atoms with Crippen molar-refractivity contribution in [3.05, 3.63) is 16.6 Å². The van der Waals surface area contributed by atoms with Gasteiger partial charge in [-0.3, -0.25) is 9.78 Å². The summed E-state index contributed by atoms with van der Waals surface area (Å²) in [5.74, 6) is -0.105. The zero-order valence-electron chi connectivity index (χ0n) is 8.36. The van der Waals surface area contributed by atoms with Crippen molar-refractivity contribution < 1.29 is 9.53 Å². The second-order valence-electron chi connectivity index (χ2n) is 3.04. The van der Waals surface area contributed by atoms with Gasteiger partial charge in [-0.1, -0.05) is 13.3 Å². The minimum absolute atomic E-state index is 0.105. The van der Waals surface area contributed by atoms with Crippen molar-refractivity contribution in [1.82, 2.24) is 4.98 Å². The van der Waals surface area contributed by atoms with Crippen molar-refractivity contribution in [2.75, 3.05) is 6.61 Å². The fourth-order valence-electron chi connectivity index (χ4n) is 0.993. The first kappa shape index (κ1) is 11.2. The molecule has 78 valence electrons. The summed E-state index contributed by atoms with van der Waals surface area (Å²) in [5.41, 5.74) is 1.78. The van der Waals surface area contributed by atoms with E-state index in [1.165, 1.54) is 0 Å². The Morgan fingerprint density at radius 1 is 1.64 bits per heavy atom. The largest absolute Gasteiger partial charge is 0.466 e. The molecule has 14 heavy (non-hydrogen) atoms. The molecule has 1 aromatic heterocycles. The molecule has 0 bridgehead atoms.